The van der Waals surface area contributed by atoms with Gasteiger partial charge in [-0.05, 0) is 30.3 Å². The molecular weight excluding hydrogens is 324 g/mol. The second-order valence-corrected chi connectivity index (χ2v) is 5.27. The van der Waals surface area contributed by atoms with E-state index in [2.05, 4.69) is 9.72 Å². The number of aromatic nitrogens is 1. The lowest BCUT2D eigenvalue weighted by Crippen LogP contribution is -2.01. The molecule has 6 heteroatoms. The molecule has 0 bridgehead atoms. The van der Waals surface area contributed by atoms with Gasteiger partial charge in [-0.25, -0.2) is 13.6 Å². The van der Waals surface area contributed by atoms with Crippen LogP contribution in [0, 0.1) is 11.6 Å². The molecule has 0 aliphatic rings. The van der Waals surface area contributed by atoms with Gasteiger partial charge in [0, 0.05) is 21.4 Å². The molecule has 3 aromatic rings. The number of pyridine rings is 1. The average Bonchev–Trinajstić information content (AvgIpc) is 2.55. The lowest BCUT2D eigenvalue weighted by molar-refractivity contribution is 0.0601. The zero-order valence-corrected chi connectivity index (χ0v) is 12.7. The van der Waals surface area contributed by atoms with E-state index in [1.54, 1.807) is 0 Å². The van der Waals surface area contributed by atoms with Crippen LogP contribution in [0.5, 0.6) is 0 Å². The van der Waals surface area contributed by atoms with Crippen LogP contribution in [0.15, 0.2) is 42.6 Å². The van der Waals surface area contributed by atoms with Crippen LogP contribution in [-0.4, -0.2) is 18.1 Å². The fraction of sp³-hybridized carbons (Fsp3) is 0.0588. The third-order valence-electron chi connectivity index (χ3n) is 3.45. The van der Waals surface area contributed by atoms with Gasteiger partial charge in [-0.1, -0.05) is 17.7 Å². The van der Waals surface area contributed by atoms with E-state index < -0.39 is 17.6 Å². The molecule has 0 saturated carbocycles. The number of methoxy groups -OCH3 is 1. The van der Waals surface area contributed by atoms with Crippen LogP contribution in [-0.2, 0) is 4.74 Å². The minimum absolute atomic E-state index is 0.168. The number of ether oxygens (including phenoxy) is 1. The minimum Gasteiger partial charge on any atom is -0.465 e. The van der Waals surface area contributed by atoms with Crippen LogP contribution in [0.3, 0.4) is 0 Å². The monoisotopic (exact) mass is 333 g/mol. The third-order valence-corrected chi connectivity index (χ3v) is 3.68. The van der Waals surface area contributed by atoms with Gasteiger partial charge in [0.05, 0.1) is 24.6 Å². The number of nitrogens with zero attached hydrogens (tertiary/aromatic N) is 1. The maximum atomic E-state index is 14.2. The van der Waals surface area contributed by atoms with E-state index >= 15 is 0 Å². The first-order valence-corrected chi connectivity index (χ1v) is 7.01. The Hall–Kier alpha value is -2.53. The van der Waals surface area contributed by atoms with E-state index in [-0.39, 0.29) is 27.2 Å². The van der Waals surface area contributed by atoms with Crippen molar-refractivity contribution in [3.8, 4) is 11.3 Å². The molecule has 0 spiro atoms. The highest BCUT2D eigenvalue weighted by atomic mass is 35.5. The van der Waals surface area contributed by atoms with E-state index in [1.165, 1.54) is 37.4 Å². The molecule has 3 nitrogen and oxygen atoms in total. The van der Waals surface area contributed by atoms with Gasteiger partial charge in [-0.15, -0.1) is 0 Å². The molecule has 1 aromatic heterocycles. The second-order valence-electron chi connectivity index (χ2n) is 4.83. The van der Waals surface area contributed by atoms with Crippen LogP contribution in [0.25, 0.3) is 22.0 Å². The maximum absolute atomic E-state index is 14.2. The van der Waals surface area contributed by atoms with Crippen molar-refractivity contribution >= 4 is 28.3 Å². The first kappa shape index (κ1) is 15.4. The number of benzene rings is 2. The molecular formula is C17H10ClF2NO2. The molecule has 23 heavy (non-hydrogen) atoms. The molecule has 0 unspecified atom stereocenters. The molecule has 0 saturated heterocycles. The van der Waals surface area contributed by atoms with Gasteiger partial charge >= 0.3 is 5.97 Å². The Kier molecular flexibility index (Phi) is 3.96. The summed E-state index contributed by atoms with van der Waals surface area (Å²) in [5.41, 5.74) is 0.616. The van der Waals surface area contributed by atoms with Crippen LogP contribution in [0.1, 0.15) is 10.4 Å². The Morgan fingerprint density at radius 1 is 1.09 bits per heavy atom. The number of carbonyl (C=O) groups is 1. The summed E-state index contributed by atoms with van der Waals surface area (Å²) in [5, 5.41) is 0.791. The topological polar surface area (TPSA) is 39.2 Å². The van der Waals surface area contributed by atoms with Gasteiger partial charge in [-0.3, -0.25) is 4.98 Å². The number of carbonyl (C=O) groups excluding carboxylic acids is 1. The highest BCUT2D eigenvalue weighted by molar-refractivity contribution is 6.30. The lowest BCUT2D eigenvalue weighted by atomic mass is 10.0. The molecule has 116 valence electrons. The Morgan fingerprint density at radius 3 is 2.57 bits per heavy atom. The van der Waals surface area contributed by atoms with Gasteiger partial charge in [-0.2, -0.15) is 0 Å². The summed E-state index contributed by atoms with van der Waals surface area (Å²) in [6.45, 7) is 0. The predicted molar refractivity (Wildman–Crippen MR) is 83.4 cm³/mol. The van der Waals surface area contributed by atoms with Crippen molar-refractivity contribution in [2.75, 3.05) is 7.11 Å². The van der Waals surface area contributed by atoms with Crippen LogP contribution >= 0.6 is 11.6 Å². The summed E-state index contributed by atoms with van der Waals surface area (Å²) >= 11 is 5.75. The van der Waals surface area contributed by atoms with E-state index in [0.717, 1.165) is 12.3 Å². The van der Waals surface area contributed by atoms with Crippen LogP contribution in [0.4, 0.5) is 8.78 Å². The van der Waals surface area contributed by atoms with Crippen LogP contribution < -0.4 is 0 Å². The van der Waals surface area contributed by atoms with Crippen molar-refractivity contribution in [1.82, 2.24) is 4.98 Å². The summed E-state index contributed by atoms with van der Waals surface area (Å²) < 4.78 is 32.8. The number of hydrogen-bond acceptors (Lipinski definition) is 3. The molecule has 0 amide bonds. The summed E-state index contributed by atoms with van der Waals surface area (Å²) in [6, 6.07) is 8.44. The molecule has 3 rings (SSSR count). The zero-order valence-electron chi connectivity index (χ0n) is 11.9. The highest BCUT2D eigenvalue weighted by Crippen LogP contribution is 2.31. The van der Waals surface area contributed by atoms with Crippen molar-refractivity contribution in [2.45, 2.75) is 0 Å². The van der Waals surface area contributed by atoms with Gasteiger partial charge in [0.25, 0.3) is 0 Å². The van der Waals surface area contributed by atoms with Crippen molar-refractivity contribution in [3.05, 3.63) is 64.8 Å². The first-order valence-electron chi connectivity index (χ1n) is 6.63. The number of halogens is 3. The molecule has 1 heterocycles. The minimum atomic E-state index is -0.582. The van der Waals surface area contributed by atoms with Gasteiger partial charge in [0.1, 0.15) is 11.6 Å². The largest absolute Gasteiger partial charge is 0.465 e. The molecule has 0 N–H and O–H groups in total. The molecule has 0 radical (unpaired) electrons. The Labute approximate surface area is 135 Å². The number of fused-ring (bicyclic) bond motifs is 1. The molecule has 2 aromatic carbocycles. The van der Waals surface area contributed by atoms with Gasteiger partial charge < -0.3 is 4.74 Å². The molecule has 0 atom stereocenters. The van der Waals surface area contributed by atoms with Crippen LogP contribution in [0.2, 0.25) is 5.02 Å². The summed E-state index contributed by atoms with van der Waals surface area (Å²) in [5.74, 6) is -1.71. The first-order chi connectivity index (χ1) is 11.0. The second kappa shape index (κ2) is 5.93. The Bertz CT molecular complexity index is 928. The molecule has 0 aliphatic heterocycles. The fourth-order valence-electron chi connectivity index (χ4n) is 2.35. The zero-order chi connectivity index (χ0) is 16.6. The summed E-state index contributed by atoms with van der Waals surface area (Å²) in [7, 11) is 1.25. The third kappa shape index (κ3) is 2.75. The molecule has 0 aliphatic carbocycles. The Morgan fingerprint density at radius 2 is 1.87 bits per heavy atom. The maximum Gasteiger partial charge on any atom is 0.337 e. The lowest BCUT2D eigenvalue weighted by Gasteiger charge is -2.09. The Balaban J connectivity index is 2.31. The quantitative estimate of drug-likeness (QED) is 0.642. The van der Waals surface area contributed by atoms with Gasteiger partial charge in [0.2, 0.25) is 0 Å². The fourth-order valence-corrected chi connectivity index (χ4v) is 2.51. The van der Waals surface area contributed by atoms with E-state index in [9.17, 15) is 13.6 Å². The van der Waals surface area contributed by atoms with E-state index in [4.69, 9.17) is 11.6 Å². The highest BCUT2D eigenvalue weighted by Gasteiger charge is 2.15. The van der Waals surface area contributed by atoms with Crippen molar-refractivity contribution in [2.24, 2.45) is 0 Å². The summed E-state index contributed by atoms with van der Waals surface area (Å²) in [4.78, 5) is 15.7. The average molecular weight is 334 g/mol. The number of hydrogen-bond donors (Lipinski definition) is 0. The predicted octanol–water partition coefficient (Wildman–Crippen LogP) is 4.62. The molecule has 0 fully saturated rings. The number of esters is 1. The smallest absolute Gasteiger partial charge is 0.337 e. The summed E-state index contributed by atoms with van der Waals surface area (Å²) in [6.07, 6.45) is 1.02. The van der Waals surface area contributed by atoms with Crippen molar-refractivity contribution in [1.29, 1.82) is 0 Å². The SMILES string of the molecule is COC(=O)c1ccc2c(F)cnc(-c3ccc(Cl)cc3F)c2c1. The van der Waals surface area contributed by atoms with E-state index in [1.807, 2.05) is 0 Å². The van der Waals surface area contributed by atoms with Crippen molar-refractivity contribution < 1.29 is 18.3 Å². The number of rotatable bonds is 2. The normalized spacial score (nSPS) is 10.8. The standard InChI is InChI=1S/C17H10ClF2NO2/c1-23-17(22)9-2-4-11-13(6-9)16(21-8-15(11)20)12-5-3-10(18)7-14(12)19/h2-8H,1H3. The van der Waals surface area contributed by atoms with Crippen molar-refractivity contribution in [3.63, 3.8) is 0 Å². The van der Waals surface area contributed by atoms with Gasteiger partial charge in [0.15, 0.2) is 0 Å². The van der Waals surface area contributed by atoms with E-state index in [0.29, 0.717) is 5.39 Å².